The minimum Gasteiger partial charge on any atom is -0.492 e. The van der Waals surface area contributed by atoms with E-state index in [9.17, 15) is 9.59 Å². The van der Waals surface area contributed by atoms with Crippen LogP contribution in [-0.2, 0) is 9.59 Å². The minimum atomic E-state index is -1.13. The molecule has 1 aliphatic rings. The molecule has 7 nitrogen and oxygen atoms in total. The molecule has 1 aliphatic heterocycles. The van der Waals surface area contributed by atoms with Gasteiger partial charge in [0.15, 0.2) is 0 Å². The third kappa shape index (κ3) is 5.16. The Morgan fingerprint density at radius 1 is 1.26 bits per heavy atom. The Kier molecular flexibility index (Phi) is 7.35. The first-order valence-electron chi connectivity index (χ1n) is 10.4. The number of carbonyl (C=O) groups is 2. The molecule has 10 heteroatoms. The summed E-state index contributed by atoms with van der Waals surface area (Å²) < 4.78 is 7.59. The lowest BCUT2D eigenvalue weighted by molar-refractivity contribution is -0.140. The van der Waals surface area contributed by atoms with Crippen molar-refractivity contribution in [2.45, 2.75) is 13.3 Å². The highest BCUT2D eigenvalue weighted by Crippen LogP contribution is 2.36. The standard InChI is InChI=1S/C24H20ClN3O4S2/c1-2-10-32-19-9-8-15(11-18(19)25)22-16(13-28(26-22)17-6-4-3-5-7-17)12-20-23(31)27(14-21(29)30)24(33)34-20/h3-9,11-13H,2,10,14H2,1H3,(H,29,30)/b20-12-. The van der Waals surface area contributed by atoms with Crippen molar-refractivity contribution in [2.75, 3.05) is 13.2 Å². The van der Waals surface area contributed by atoms with Crippen LogP contribution in [0.2, 0.25) is 5.02 Å². The molecule has 1 N–H and O–H groups in total. The van der Waals surface area contributed by atoms with E-state index in [2.05, 4.69) is 0 Å². The quantitative estimate of drug-likeness (QED) is 0.324. The van der Waals surface area contributed by atoms with E-state index in [0.717, 1.165) is 34.3 Å². The summed E-state index contributed by atoms with van der Waals surface area (Å²) in [6.07, 6.45) is 4.35. The first-order valence-corrected chi connectivity index (χ1v) is 12.0. The predicted octanol–water partition coefficient (Wildman–Crippen LogP) is 5.27. The Labute approximate surface area is 211 Å². The summed E-state index contributed by atoms with van der Waals surface area (Å²) in [5.41, 5.74) is 2.86. The van der Waals surface area contributed by atoms with Crippen LogP contribution in [0, 0.1) is 0 Å². The number of rotatable bonds is 8. The van der Waals surface area contributed by atoms with Crippen molar-refractivity contribution >= 4 is 57.9 Å². The molecule has 1 aromatic heterocycles. The second-order valence-electron chi connectivity index (χ2n) is 7.37. The number of benzene rings is 2. The Morgan fingerprint density at radius 2 is 2.03 bits per heavy atom. The number of aliphatic carboxylic acids is 1. The SMILES string of the molecule is CCCOc1ccc(-c2nn(-c3ccccc3)cc2/C=C2\SC(=S)N(CC(=O)O)C2=O)cc1Cl. The van der Waals surface area contributed by atoms with Crippen molar-refractivity contribution in [3.05, 3.63) is 70.2 Å². The van der Waals surface area contributed by atoms with Gasteiger partial charge >= 0.3 is 5.97 Å². The number of aromatic nitrogens is 2. The van der Waals surface area contributed by atoms with Crippen molar-refractivity contribution < 1.29 is 19.4 Å². The Bertz CT molecular complexity index is 1290. The molecule has 174 valence electrons. The number of ether oxygens (including phenoxy) is 1. The number of halogens is 1. The molecule has 2 aromatic carbocycles. The van der Waals surface area contributed by atoms with Crippen LogP contribution < -0.4 is 4.74 Å². The molecule has 34 heavy (non-hydrogen) atoms. The monoisotopic (exact) mass is 513 g/mol. The molecular weight excluding hydrogens is 494 g/mol. The van der Waals surface area contributed by atoms with E-state index in [0.29, 0.717) is 33.5 Å². The van der Waals surface area contributed by atoms with Gasteiger partial charge in [-0.05, 0) is 42.8 Å². The van der Waals surface area contributed by atoms with Crippen molar-refractivity contribution in [1.29, 1.82) is 0 Å². The van der Waals surface area contributed by atoms with Crippen molar-refractivity contribution in [1.82, 2.24) is 14.7 Å². The van der Waals surface area contributed by atoms with Crippen molar-refractivity contribution in [3.63, 3.8) is 0 Å². The number of carboxylic acids is 1. The highest BCUT2D eigenvalue weighted by molar-refractivity contribution is 8.26. The largest absolute Gasteiger partial charge is 0.492 e. The number of carboxylic acid groups (broad SMARTS) is 1. The first-order chi connectivity index (χ1) is 16.4. The fourth-order valence-corrected chi connectivity index (χ4v) is 4.80. The molecule has 0 saturated carbocycles. The lowest BCUT2D eigenvalue weighted by atomic mass is 10.1. The number of hydrogen-bond donors (Lipinski definition) is 1. The molecule has 0 bridgehead atoms. The molecule has 0 radical (unpaired) electrons. The summed E-state index contributed by atoms with van der Waals surface area (Å²) in [6.45, 7) is 2.10. The van der Waals surface area contributed by atoms with Gasteiger partial charge in [-0.15, -0.1) is 0 Å². The molecule has 0 atom stereocenters. The number of para-hydroxylation sites is 1. The molecule has 3 aromatic rings. The zero-order chi connectivity index (χ0) is 24.2. The van der Waals surface area contributed by atoms with Crippen LogP contribution in [0.25, 0.3) is 23.0 Å². The molecular formula is C24H20ClN3O4S2. The maximum absolute atomic E-state index is 12.8. The van der Waals surface area contributed by atoms with Crippen molar-refractivity contribution in [3.8, 4) is 22.7 Å². The fraction of sp³-hybridized carbons (Fsp3) is 0.167. The smallest absolute Gasteiger partial charge is 0.323 e. The lowest BCUT2D eigenvalue weighted by Crippen LogP contribution is -2.33. The van der Waals surface area contributed by atoms with Crippen LogP contribution in [0.3, 0.4) is 0 Å². The molecule has 2 heterocycles. The number of hydrogen-bond acceptors (Lipinski definition) is 6. The van der Waals surface area contributed by atoms with Gasteiger partial charge in [0.25, 0.3) is 5.91 Å². The topological polar surface area (TPSA) is 84.7 Å². The van der Waals surface area contributed by atoms with E-state index in [1.165, 1.54) is 0 Å². The zero-order valence-corrected chi connectivity index (χ0v) is 20.5. The second-order valence-corrected chi connectivity index (χ2v) is 9.45. The van der Waals surface area contributed by atoms with Crippen molar-refractivity contribution in [2.24, 2.45) is 0 Å². The van der Waals surface area contributed by atoms with E-state index < -0.39 is 18.4 Å². The number of thioether (sulfide) groups is 1. The van der Waals surface area contributed by atoms with Gasteiger partial charge in [0, 0.05) is 17.3 Å². The van der Waals surface area contributed by atoms with Crippen LogP contribution in [0.1, 0.15) is 18.9 Å². The molecule has 4 rings (SSSR count). The third-order valence-corrected chi connectivity index (χ3v) is 6.56. The number of carbonyl (C=O) groups excluding carboxylic acids is 1. The lowest BCUT2D eigenvalue weighted by Gasteiger charge is -2.10. The fourth-order valence-electron chi connectivity index (χ4n) is 3.32. The summed E-state index contributed by atoms with van der Waals surface area (Å²) in [5, 5.41) is 14.3. The summed E-state index contributed by atoms with van der Waals surface area (Å²) in [4.78, 5) is 25.3. The number of thiocarbonyl (C=S) groups is 1. The molecule has 0 spiro atoms. The summed E-state index contributed by atoms with van der Waals surface area (Å²) >= 11 is 12.7. The second kappa shape index (κ2) is 10.4. The average molecular weight is 514 g/mol. The van der Waals surface area contributed by atoms with Crippen LogP contribution in [0.5, 0.6) is 5.75 Å². The van der Waals surface area contributed by atoms with Gasteiger partial charge in [0.2, 0.25) is 0 Å². The van der Waals surface area contributed by atoms with Gasteiger partial charge in [-0.25, -0.2) is 4.68 Å². The predicted molar refractivity (Wildman–Crippen MR) is 137 cm³/mol. The van der Waals surface area contributed by atoms with Gasteiger partial charge in [0.1, 0.15) is 22.3 Å². The highest BCUT2D eigenvalue weighted by atomic mass is 35.5. The third-order valence-electron chi connectivity index (χ3n) is 4.88. The number of nitrogens with zero attached hydrogens (tertiary/aromatic N) is 3. The maximum Gasteiger partial charge on any atom is 0.323 e. The Balaban J connectivity index is 1.77. The molecule has 0 aliphatic carbocycles. The van der Waals surface area contributed by atoms with Gasteiger partial charge in [0.05, 0.1) is 22.2 Å². The molecule has 1 amide bonds. The van der Waals surface area contributed by atoms with Gasteiger partial charge in [-0.2, -0.15) is 5.10 Å². The first kappa shape index (κ1) is 24.0. The van der Waals surface area contributed by atoms with E-state index in [4.69, 9.17) is 38.8 Å². The average Bonchev–Trinajstić information content (AvgIpc) is 3.35. The Morgan fingerprint density at radius 3 is 2.71 bits per heavy atom. The maximum atomic E-state index is 12.8. The van der Waals surface area contributed by atoms with E-state index >= 15 is 0 Å². The minimum absolute atomic E-state index is 0.205. The summed E-state index contributed by atoms with van der Waals surface area (Å²) in [5.74, 6) is -0.988. The van der Waals surface area contributed by atoms with Crippen LogP contribution in [0.15, 0.2) is 59.6 Å². The number of amides is 1. The molecule has 0 unspecified atom stereocenters. The molecule has 1 saturated heterocycles. The normalized spacial score (nSPS) is 14.8. The van der Waals surface area contributed by atoms with Gasteiger partial charge in [-0.1, -0.05) is 60.7 Å². The van der Waals surface area contributed by atoms with Gasteiger partial charge in [-0.3, -0.25) is 14.5 Å². The highest BCUT2D eigenvalue weighted by Gasteiger charge is 2.33. The van der Waals surface area contributed by atoms with E-state index in [-0.39, 0.29) is 4.32 Å². The zero-order valence-electron chi connectivity index (χ0n) is 18.1. The van der Waals surface area contributed by atoms with Crippen LogP contribution in [0.4, 0.5) is 0 Å². The molecule has 1 fully saturated rings. The van der Waals surface area contributed by atoms with Crippen LogP contribution >= 0.6 is 35.6 Å². The van der Waals surface area contributed by atoms with E-state index in [1.807, 2.05) is 49.5 Å². The van der Waals surface area contributed by atoms with Crippen LogP contribution in [-0.4, -0.2) is 49.1 Å². The Hall–Kier alpha value is -3.14. The van der Waals surface area contributed by atoms with E-state index in [1.54, 1.807) is 22.9 Å². The van der Waals surface area contributed by atoms with Gasteiger partial charge < -0.3 is 9.84 Å². The summed E-state index contributed by atoms with van der Waals surface area (Å²) in [6, 6.07) is 15.0. The summed E-state index contributed by atoms with van der Waals surface area (Å²) in [7, 11) is 0.